The molecule has 5 heteroatoms. The van der Waals surface area contributed by atoms with Gasteiger partial charge in [0, 0.05) is 18.8 Å². The van der Waals surface area contributed by atoms with Gasteiger partial charge in [0.05, 0.1) is 5.92 Å². The molecule has 3 rings (SSSR count). The van der Waals surface area contributed by atoms with E-state index in [1.807, 2.05) is 24.3 Å². The standard InChI is InChI=1S/C15H18N2O3/c18-14(17-7-3-6-13(17)15(19)20)11-8-10-4-1-2-5-12(10)16-9-11/h1-2,4-5,11,13,16H,3,6-9H2,(H,19,20). The summed E-state index contributed by atoms with van der Waals surface area (Å²) in [6.07, 6.45) is 2.03. The molecule has 1 aromatic rings. The van der Waals surface area contributed by atoms with Crippen molar-refractivity contribution in [2.75, 3.05) is 18.4 Å². The summed E-state index contributed by atoms with van der Waals surface area (Å²) in [5.74, 6) is -1.08. The molecule has 2 atom stereocenters. The lowest BCUT2D eigenvalue weighted by Gasteiger charge is -2.30. The lowest BCUT2D eigenvalue weighted by atomic mass is 9.92. The third-order valence-electron chi connectivity index (χ3n) is 4.19. The number of nitrogens with one attached hydrogen (secondary N) is 1. The van der Waals surface area contributed by atoms with E-state index in [0.29, 0.717) is 25.9 Å². The lowest BCUT2D eigenvalue weighted by molar-refractivity contribution is -0.149. The van der Waals surface area contributed by atoms with Crippen LogP contribution < -0.4 is 5.32 Å². The minimum atomic E-state index is -0.889. The molecule has 2 unspecified atom stereocenters. The highest BCUT2D eigenvalue weighted by atomic mass is 16.4. The number of nitrogens with zero attached hydrogens (tertiary/aromatic N) is 1. The second-order valence-corrected chi connectivity index (χ2v) is 5.47. The van der Waals surface area contributed by atoms with E-state index in [1.54, 1.807) is 4.90 Å². The van der Waals surface area contributed by atoms with Gasteiger partial charge in [0.2, 0.25) is 5.91 Å². The molecule has 0 bridgehead atoms. The number of amides is 1. The van der Waals surface area contributed by atoms with Crippen LogP contribution in [0.4, 0.5) is 5.69 Å². The highest BCUT2D eigenvalue weighted by molar-refractivity contribution is 5.86. The van der Waals surface area contributed by atoms with Crippen molar-refractivity contribution < 1.29 is 14.7 Å². The fourth-order valence-electron chi connectivity index (χ4n) is 3.14. The highest BCUT2D eigenvalue weighted by Gasteiger charge is 2.37. The zero-order valence-electron chi connectivity index (χ0n) is 11.2. The van der Waals surface area contributed by atoms with Crippen molar-refractivity contribution in [3.8, 4) is 0 Å². The molecule has 20 heavy (non-hydrogen) atoms. The summed E-state index contributed by atoms with van der Waals surface area (Å²) < 4.78 is 0. The van der Waals surface area contributed by atoms with E-state index in [2.05, 4.69) is 5.32 Å². The molecule has 1 aromatic carbocycles. The topological polar surface area (TPSA) is 69.6 Å². The lowest BCUT2D eigenvalue weighted by Crippen LogP contribution is -2.46. The number of fused-ring (bicyclic) bond motifs is 1. The van der Waals surface area contributed by atoms with Gasteiger partial charge in [-0.15, -0.1) is 0 Å². The number of hydrogen-bond acceptors (Lipinski definition) is 3. The molecule has 2 aliphatic heterocycles. The van der Waals surface area contributed by atoms with Gasteiger partial charge in [-0.1, -0.05) is 18.2 Å². The van der Waals surface area contributed by atoms with E-state index >= 15 is 0 Å². The fraction of sp³-hybridized carbons (Fsp3) is 0.467. The van der Waals surface area contributed by atoms with E-state index in [-0.39, 0.29) is 11.8 Å². The molecule has 0 saturated carbocycles. The van der Waals surface area contributed by atoms with Crippen molar-refractivity contribution in [2.24, 2.45) is 5.92 Å². The first-order valence-electron chi connectivity index (χ1n) is 7.02. The van der Waals surface area contributed by atoms with E-state index in [4.69, 9.17) is 0 Å². The van der Waals surface area contributed by atoms with E-state index < -0.39 is 12.0 Å². The average Bonchev–Trinajstić information content (AvgIpc) is 2.95. The zero-order chi connectivity index (χ0) is 14.1. The number of carbonyl (C=O) groups excluding carboxylic acids is 1. The van der Waals surface area contributed by atoms with Gasteiger partial charge in [-0.2, -0.15) is 0 Å². The van der Waals surface area contributed by atoms with Crippen LogP contribution in [-0.4, -0.2) is 41.0 Å². The maximum absolute atomic E-state index is 12.5. The van der Waals surface area contributed by atoms with Crippen molar-refractivity contribution in [1.82, 2.24) is 4.90 Å². The number of carboxylic acids is 1. The van der Waals surface area contributed by atoms with Crippen LogP contribution in [0.25, 0.3) is 0 Å². The van der Waals surface area contributed by atoms with Gasteiger partial charge in [-0.25, -0.2) is 4.79 Å². The molecule has 106 valence electrons. The van der Waals surface area contributed by atoms with Crippen LogP contribution in [-0.2, 0) is 16.0 Å². The van der Waals surface area contributed by atoms with Crippen LogP contribution in [0.1, 0.15) is 18.4 Å². The second kappa shape index (κ2) is 5.15. The van der Waals surface area contributed by atoms with Crippen molar-refractivity contribution in [3.05, 3.63) is 29.8 Å². The minimum Gasteiger partial charge on any atom is -0.480 e. The number of likely N-dealkylation sites (tertiary alicyclic amines) is 1. The quantitative estimate of drug-likeness (QED) is 0.854. The molecule has 1 fully saturated rings. The van der Waals surface area contributed by atoms with Gasteiger partial charge < -0.3 is 15.3 Å². The van der Waals surface area contributed by atoms with Crippen LogP contribution in [0, 0.1) is 5.92 Å². The molecule has 5 nitrogen and oxygen atoms in total. The summed E-state index contributed by atoms with van der Waals surface area (Å²) in [4.78, 5) is 25.3. The first-order valence-corrected chi connectivity index (χ1v) is 7.02. The SMILES string of the molecule is O=C(O)C1CCCN1C(=O)C1CNc2ccccc2C1. The highest BCUT2D eigenvalue weighted by Crippen LogP contribution is 2.27. The third kappa shape index (κ3) is 2.24. The first kappa shape index (κ1) is 13.0. The van der Waals surface area contributed by atoms with Crippen LogP contribution in [0.2, 0.25) is 0 Å². The maximum Gasteiger partial charge on any atom is 0.326 e. The largest absolute Gasteiger partial charge is 0.480 e. The molecule has 2 aliphatic rings. The average molecular weight is 274 g/mol. The predicted molar refractivity (Wildman–Crippen MR) is 74.5 cm³/mol. The van der Waals surface area contributed by atoms with Crippen molar-refractivity contribution >= 4 is 17.6 Å². The smallest absolute Gasteiger partial charge is 0.326 e. The normalized spacial score (nSPS) is 24.9. The molecule has 0 aliphatic carbocycles. The van der Waals surface area contributed by atoms with E-state index in [0.717, 1.165) is 17.7 Å². The number of hydrogen-bond donors (Lipinski definition) is 2. The Bertz CT molecular complexity index is 544. The molecular formula is C15H18N2O3. The number of benzene rings is 1. The van der Waals surface area contributed by atoms with Gasteiger partial charge >= 0.3 is 5.97 Å². The Morgan fingerprint density at radius 3 is 2.90 bits per heavy atom. The van der Waals surface area contributed by atoms with Crippen LogP contribution in [0.5, 0.6) is 0 Å². The summed E-state index contributed by atoms with van der Waals surface area (Å²) in [5, 5.41) is 12.4. The summed E-state index contributed by atoms with van der Waals surface area (Å²) in [6.45, 7) is 1.15. The zero-order valence-corrected chi connectivity index (χ0v) is 11.2. The Balaban J connectivity index is 1.74. The Labute approximate surface area is 117 Å². The Hall–Kier alpha value is -2.04. The second-order valence-electron chi connectivity index (χ2n) is 5.47. The number of para-hydroxylation sites is 1. The van der Waals surface area contributed by atoms with Crippen LogP contribution >= 0.6 is 0 Å². The minimum absolute atomic E-state index is 0.0306. The van der Waals surface area contributed by atoms with Gasteiger partial charge in [0.15, 0.2) is 0 Å². The Morgan fingerprint density at radius 1 is 1.30 bits per heavy atom. The summed E-state index contributed by atoms with van der Waals surface area (Å²) in [7, 11) is 0. The van der Waals surface area contributed by atoms with Gasteiger partial charge in [-0.05, 0) is 30.9 Å². The van der Waals surface area contributed by atoms with Gasteiger partial charge in [0.25, 0.3) is 0 Å². The predicted octanol–water partition coefficient (Wildman–Crippen LogP) is 1.35. The third-order valence-corrected chi connectivity index (χ3v) is 4.19. The first-order chi connectivity index (χ1) is 9.66. The van der Waals surface area contributed by atoms with E-state index in [9.17, 15) is 14.7 Å². The molecular weight excluding hydrogens is 256 g/mol. The number of rotatable bonds is 2. The van der Waals surface area contributed by atoms with E-state index in [1.165, 1.54) is 0 Å². The summed E-state index contributed by atoms with van der Waals surface area (Å²) in [6, 6.07) is 7.31. The summed E-state index contributed by atoms with van der Waals surface area (Å²) >= 11 is 0. The molecule has 0 spiro atoms. The maximum atomic E-state index is 12.5. The molecule has 1 amide bonds. The fourth-order valence-corrected chi connectivity index (χ4v) is 3.14. The van der Waals surface area contributed by atoms with Crippen LogP contribution in [0.3, 0.4) is 0 Å². The molecule has 1 saturated heterocycles. The number of carbonyl (C=O) groups is 2. The van der Waals surface area contributed by atoms with Crippen molar-refractivity contribution in [1.29, 1.82) is 0 Å². The van der Waals surface area contributed by atoms with Crippen molar-refractivity contribution in [3.63, 3.8) is 0 Å². The monoisotopic (exact) mass is 274 g/mol. The van der Waals surface area contributed by atoms with Gasteiger partial charge in [0.1, 0.15) is 6.04 Å². The molecule has 2 heterocycles. The Morgan fingerprint density at radius 2 is 2.10 bits per heavy atom. The van der Waals surface area contributed by atoms with Crippen molar-refractivity contribution in [2.45, 2.75) is 25.3 Å². The number of carboxylic acid groups (broad SMARTS) is 1. The summed E-state index contributed by atoms with van der Waals surface area (Å²) in [5.41, 5.74) is 2.20. The molecule has 0 aromatic heterocycles. The number of aliphatic carboxylic acids is 1. The van der Waals surface area contributed by atoms with Crippen LogP contribution in [0.15, 0.2) is 24.3 Å². The molecule has 2 N–H and O–H groups in total. The number of anilines is 1. The Kier molecular flexibility index (Phi) is 3.34. The molecule has 0 radical (unpaired) electrons. The van der Waals surface area contributed by atoms with Gasteiger partial charge in [-0.3, -0.25) is 4.79 Å².